The molecule has 1 aromatic rings. The number of likely N-dealkylation sites (N-methyl/N-ethyl adjacent to an activating group) is 1. The van der Waals surface area contributed by atoms with Gasteiger partial charge in [0.2, 0.25) is 0 Å². The first-order valence-corrected chi connectivity index (χ1v) is 6.88. The monoisotopic (exact) mass is 280 g/mol. The molecule has 1 N–H and O–H groups in total. The molecule has 1 heterocycles. The quantitative estimate of drug-likeness (QED) is 0.818. The molecule has 5 heteroatoms. The van der Waals surface area contributed by atoms with Crippen molar-refractivity contribution in [2.24, 2.45) is 0 Å². The molecular formula is C15H22NO4+. The van der Waals surface area contributed by atoms with Gasteiger partial charge < -0.3 is 19.1 Å². The molecule has 0 spiro atoms. The van der Waals surface area contributed by atoms with E-state index in [2.05, 4.69) is 7.05 Å². The van der Waals surface area contributed by atoms with Crippen molar-refractivity contribution in [3.05, 3.63) is 23.8 Å². The Kier molecular flexibility index (Phi) is 4.84. The zero-order valence-electron chi connectivity index (χ0n) is 12.3. The maximum atomic E-state index is 12.2. The topological polar surface area (TPSA) is 49.2 Å². The van der Waals surface area contributed by atoms with Crippen LogP contribution in [0.25, 0.3) is 0 Å². The highest BCUT2D eigenvalue weighted by atomic mass is 16.5. The second kappa shape index (κ2) is 6.61. The molecule has 1 fully saturated rings. The van der Waals surface area contributed by atoms with Crippen LogP contribution in [0.1, 0.15) is 23.2 Å². The first-order valence-electron chi connectivity index (χ1n) is 6.88. The number of quaternary nitrogens is 1. The summed E-state index contributed by atoms with van der Waals surface area (Å²) in [6.07, 6.45) is 2.04. The Bertz CT molecular complexity index is 475. The van der Waals surface area contributed by atoms with Gasteiger partial charge in [0.15, 0.2) is 17.6 Å². The summed E-state index contributed by atoms with van der Waals surface area (Å²) in [4.78, 5) is 13.6. The van der Waals surface area contributed by atoms with Gasteiger partial charge in [-0.2, -0.15) is 0 Å². The van der Waals surface area contributed by atoms with Crippen molar-refractivity contribution in [3.8, 4) is 11.5 Å². The summed E-state index contributed by atoms with van der Waals surface area (Å²) < 4.78 is 15.9. The number of nitrogens with one attached hydrogen (secondary N) is 1. The van der Waals surface area contributed by atoms with E-state index in [1.54, 1.807) is 32.4 Å². The largest absolute Gasteiger partial charge is 0.493 e. The number of carbonyl (C=O) groups is 1. The van der Waals surface area contributed by atoms with Crippen molar-refractivity contribution in [2.45, 2.75) is 18.9 Å². The lowest BCUT2D eigenvalue weighted by atomic mass is 10.1. The average Bonchev–Trinajstić information content (AvgIpc) is 2.46. The fourth-order valence-electron chi connectivity index (χ4n) is 2.51. The van der Waals surface area contributed by atoms with Crippen molar-refractivity contribution in [1.29, 1.82) is 0 Å². The van der Waals surface area contributed by atoms with Crippen molar-refractivity contribution in [3.63, 3.8) is 0 Å². The fraction of sp³-hybridized carbons (Fsp3) is 0.533. The van der Waals surface area contributed by atoms with E-state index in [-0.39, 0.29) is 12.1 Å². The predicted molar refractivity (Wildman–Crippen MR) is 74.6 cm³/mol. The van der Waals surface area contributed by atoms with Crippen LogP contribution < -0.4 is 14.4 Å². The molecule has 0 saturated carbocycles. The molecule has 0 radical (unpaired) electrons. The van der Waals surface area contributed by atoms with Gasteiger partial charge in [0.25, 0.3) is 0 Å². The number of methoxy groups -OCH3 is 2. The molecule has 110 valence electrons. The first-order chi connectivity index (χ1) is 9.63. The zero-order chi connectivity index (χ0) is 14.5. The lowest BCUT2D eigenvalue weighted by Gasteiger charge is -2.26. The second-order valence-electron chi connectivity index (χ2n) is 5.15. The fourth-order valence-corrected chi connectivity index (χ4v) is 2.51. The Morgan fingerprint density at radius 3 is 2.65 bits per heavy atom. The van der Waals surface area contributed by atoms with E-state index in [0.717, 1.165) is 25.9 Å². The molecular weight excluding hydrogens is 258 g/mol. The number of carbonyl (C=O) groups excluding carboxylic acids is 1. The Morgan fingerprint density at radius 1 is 1.25 bits per heavy atom. The van der Waals surface area contributed by atoms with E-state index < -0.39 is 0 Å². The molecule has 1 aliphatic rings. The summed E-state index contributed by atoms with van der Waals surface area (Å²) >= 11 is 0. The number of esters is 1. The lowest BCUT2D eigenvalue weighted by Crippen LogP contribution is -3.11. The zero-order valence-corrected chi connectivity index (χ0v) is 12.3. The Hall–Kier alpha value is -1.75. The van der Waals surface area contributed by atoms with Gasteiger partial charge in [0.05, 0.1) is 33.4 Å². The molecule has 0 bridgehead atoms. The normalized spacial score (nSPS) is 22.1. The highest BCUT2D eigenvalue weighted by Gasteiger charge is 2.24. The summed E-state index contributed by atoms with van der Waals surface area (Å²) in [7, 11) is 5.24. The van der Waals surface area contributed by atoms with Crippen LogP contribution >= 0.6 is 0 Å². The van der Waals surface area contributed by atoms with Gasteiger partial charge in [0.1, 0.15) is 6.54 Å². The second-order valence-corrected chi connectivity index (χ2v) is 5.15. The van der Waals surface area contributed by atoms with E-state index in [1.165, 1.54) is 4.90 Å². The summed E-state index contributed by atoms with van der Waals surface area (Å²) in [5.41, 5.74) is 0.492. The summed E-state index contributed by atoms with van der Waals surface area (Å²) in [5, 5.41) is 0. The third kappa shape index (κ3) is 3.42. The van der Waals surface area contributed by atoms with Gasteiger partial charge in [-0.3, -0.25) is 0 Å². The Balaban J connectivity index is 2.05. The molecule has 0 amide bonds. The molecule has 0 aromatic heterocycles. The molecule has 1 unspecified atom stereocenters. The van der Waals surface area contributed by atoms with Crippen LogP contribution in [-0.2, 0) is 4.74 Å². The number of benzene rings is 1. The van der Waals surface area contributed by atoms with Gasteiger partial charge in [-0.1, -0.05) is 0 Å². The minimum atomic E-state index is -0.300. The van der Waals surface area contributed by atoms with Crippen LogP contribution in [0.3, 0.4) is 0 Å². The van der Waals surface area contributed by atoms with Gasteiger partial charge in [-0.05, 0) is 24.6 Å². The molecule has 0 aliphatic carbocycles. The standard InChI is InChI=1S/C15H21NO4/c1-16-8-4-5-12(10-16)20-15(17)11-6-7-13(18-2)14(9-11)19-3/h6-7,9,12H,4-5,8,10H2,1-3H3/p+1/t12-/m1/s1. The highest BCUT2D eigenvalue weighted by molar-refractivity contribution is 5.90. The minimum absolute atomic E-state index is 0.00402. The molecule has 2 atom stereocenters. The van der Waals surface area contributed by atoms with Gasteiger partial charge in [0, 0.05) is 6.42 Å². The van der Waals surface area contributed by atoms with Gasteiger partial charge >= 0.3 is 5.97 Å². The Labute approximate surface area is 119 Å². The third-order valence-electron chi connectivity index (χ3n) is 3.60. The third-order valence-corrected chi connectivity index (χ3v) is 3.60. The number of hydrogen-bond donors (Lipinski definition) is 1. The maximum Gasteiger partial charge on any atom is 0.338 e. The number of ether oxygens (including phenoxy) is 3. The van der Waals surface area contributed by atoms with Crippen molar-refractivity contribution in [2.75, 3.05) is 34.4 Å². The van der Waals surface area contributed by atoms with Crippen LogP contribution in [0.5, 0.6) is 11.5 Å². The summed E-state index contributed by atoms with van der Waals surface area (Å²) in [6, 6.07) is 5.07. The lowest BCUT2D eigenvalue weighted by molar-refractivity contribution is -0.888. The summed E-state index contributed by atoms with van der Waals surface area (Å²) in [5.74, 6) is 0.838. The molecule has 1 saturated heterocycles. The van der Waals surface area contributed by atoms with Crippen LogP contribution in [0.15, 0.2) is 18.2 Å². The van der Waals surface area contributed by atoms with E-state index in [9.17, 15) is 4.79 Å². The van der Waals surface area contributed by atoms with Crippen molar-refractivity contribution in [1.82, 2.24) is 0 Å². The van der Waals surface area contributed by atoms with Gasteiger partial charge in [-0.25, -0.2) is 4.79 Å². The Morgan fingerprint density at radius 2 is 2.00 bits per heavy atom. The molecule has 2 rings (SSSR count). The average molecular weight is 280 g/mol. The van der Waals surface area contributed by atoms with Crippen LogP contribution in [0.4, 0.5) is 0 Å². The van der Waals surface area contributed by atoms with Crippen molar-refractivity contribution >= 4 is 5.97 Å². The van der Waals surface area contributed by atoms with E-state index in [0.29, 0.717) is 17.1 Å². The van der Waals surface area contributed by atoms with E-state index in [1.807, 2.05) is 0 Å². The van der Waals surface area contributed by atoms with E-state index in [4.69, 9.17) is 14.2 Å². The molecule has 1 aliphatic heterocycles. The molecule has 1 aromatic carbocycles. The van der Waals surface area contributed by atoms with Crippen LogP contribution in [0, 0.1) is 0 Å². The highest BCUT2D eigenvalue weighted by Crippen LogP contribution is 2.28. The summed E-state index contributed by atoms with van der Waals surface area (Å²) in [6.45, 7) is 2.02. The van der Waals surface area contributed by atoms with Crippen LogP contribution in [0.2, 0.25) is 0 Å². The SMILES string of the molecule is COc1ccc(C(=O)O[C@@H]2CCC[NH+](C)C2)cc1OC. The smallest absolute Gasteiger partial charge is 0.338 e. The van der Waals surface area contributed by atoms with Gasteiger partial charge in [-0.15, -0.1) is 0 Å². The van der Waals surface area contributed by atoms with Crippen molar-refractivity contribution < 1.29 is 23.9 Å². The minimum Gasteiger partial charge on any atom is -0.493 e. The van der Waals surface area contributed by atoms with Crippen LogP contribution in [-0.4, -0.2) is 46.4 Å². The molecule has 20 heavy (non-hydrogen) atoms. The predicted octanol–water partition coefficient (Wildman–Crippen LogP) is 0.538. The van der Waals surface area contributed by atoms with E-state index >= 15 is 0 Å². The molecule has 5 nitrogen and oxygen atoms in total. The number of likely N-dealkylation sites (tertiary alicyclic amines) is 1. The number of hydrogen-bond acceptors (Lipinski definition) is 4. The maximum absolute atomic E-state index is 12.2. The number of rotatable bonds is 4. The first kappa shape index (κ1) is 14.7. The number of piperidine rings is 1.